The summed E-state index contributed by atoms with van der Waals surface area (Å²) >= 11 is 0. The molecule has 0 aliphatic heterocycles. The fourth-order valence-corrected chi connectivity index (χ4v) is 2.54. The number of hydrogen-bond acceptors (Lipinski definition) is 2. The summed E-state index contributed by atoms with van der Waals surface area (Å²) in [6, 6.07) is 12.3. The van der Waals surface area contributed by atoms with E-state index in [-0.39, 0.29) is 24.0 Å². The molecule has 0 fully saturated rings. The minimum absolute atomic E-state index is 0. The summed E-state index contributed by atoms with van der Waals surface area (Å²) in [5.74, 6) is 1.80. The van der Waals surface area contributed by atoms with Gasteiger partial charge in [0, 0.05) is 38.1 Å². The van der Waals surface area contributed by atoms with Crippen molar-refractivity contribution in [3.63, 3.8) is 0 Å². The molecular formula is C19H29IN4O. The van der Waals surface area contributed by atoms with Crippen molar-refractivity contribution in [2.24, 2.45) is 12.0 Å². The minimum Gasteiger partial charge on any atom is -0.494 e. The van der Waals surface area contributed by atoms with Gasteiger partial charge in [-0.1, -0.05) is 18.2 Å². The number of para-hydroxylation sites is 1. The zero-order valence-electron chi connectivity index (χ0n) is 15.5. The Labute approximate surface area is 168 Å². The van der Waals surface area contributed by atoms with E-state index in [4.69, 9.17) is 9.73 Å². The molecule has 1 aromatic heterocycles. The van der Waals surface area contributed by atoms with Gasteiger partial charge in [0.15, 0.2) is 5.96 Å². The van der Waals surface area contributed by atoms with E-state index in [1.807, 2.05) is 25.1 Å². The van der Waals surface area contributed by atoms with E-state index in [2.05, 4.69) is 60.2 Å². The number of guanidine groups is 1. The van der Waals surface area contributed by atoms with E-state index in [1.165, 1.54) is 5.69 Å². The Hall–Kier alpha value is -1.70. The Kier molecular flexibility index (Phi) is 9.41. The van der Waals surface area contributed by atoms with Crippen LogP contribution in [0.15, 0.2) is 47.6 Å². The molecule has 2 rings (SSSR count). The fraction of sp³-hybridized carbons (Fsp3) is 0.421. The Bertz CT molecular complexity index is 669. The van der Waals surface area contributed by atoms with Gasteiger partial charge in [-0.05, 0) is 32.0 Å². The number of nitrogens with zero attached hydrogens (tertiary/aromatic N) is 3. The second-order valence-corrected chi connectivity index (χ2v) is 5.68. The van der Waals surface area contributed by atoms with Crippen LogP contribution in [0.2, 0.25) is 0 Å². The molecule has 0 atom stereocenters. The van der Waals surface area contributed by atoms with Crippen molar-refractivity contribution in [2.45, 2.75) is 26.9 Å². The van der Waals surface area contributed by atoms with Crippen LogP contribution in [0.3, 0.4) is 0 Å². The Morgan fingerprint density at radius 2 is 1.96 bits per heavy atom. The molecule has 0 saturated carbocycles. The fourth-order valence-electron chi connectivity index (χ4n) is 2.54. The first-order chi connectivity index (χ1) is 11.7. The molecule has 1 N–H and O–H groups in total. The van der Waals surface area contributed by atoms with Crippen LogP contribution < -0.4 is 10.1 Å². The quantitative estimate of drug-likeness (QED) is 0.393. The van der Waals surface area contributed by atoms with E-state index in [9.17, 15) is 0 Å². The van der Waals surface area contributed by atoms with Crippen molar-refractivity contribution in [3.8, 4) is 5.75 Å². The van der Waals surface area contributed by atoms with Crippen LogP contribution in [-0.4, -0.2) is 35.6 Å². The summed E-state index contributed by atoms with van der Waals surface area (Å²) in [5, 5.41) is 3.36. The van der Waals surface area contributed by atoms with Crippen LogP contribution in [0.4, 0.5) is 0 Å². The van der Waals surface area contributed by atoms with Gasteiger partial charge in [-0.15, -0.1) is 24.0 Å². The zero-order chi connectivity index (χ0) is 17.4. The molecule has 0 saturated heterocycles. The maximum atomic E-state index is 5.68. The SMILES string of the molecule is CCNC(=NCc1ccccc1OCC)N(C)Cc1cccn1C.I. The molecule has 0 spiro atoms. The monoisotopic (exact) mass is 456 g/mol. The van der Waals surface area contributed by atoms with Gasteiger partial charge in [0.05, 0.1) is 19.7 Å². The lowest BCUT2D eigenvalue weighted by molar-refractivity contribution is 0.336. The molecule has 1 aromatic carbocycles. The standard InChI is InChI=1S/C19H28N4O.HI/c1-5-20-19(23(4)15-17-11-9-13-22(17)3)21-14-16-10-7-8-12-18(16)24-6-2;/h7-13H,5-6,14-15H2,1-4H3,(H,20,21);1H. The Morgan fingerprint density at radius 3 is 2.60 bits per heavy atom. The molecule has 5 nitrogen and oxygen atoms in total. The van der Waals surface area contributed by atoms with Crippen LogP contribution in [-0.2, 0) is 20.1 Å². The number of aliphatic imine (C=N–C) groups is 1. The Morgan fingerprint density at radius 1 is 1.20 bits per heavy atom. The van der Waals surface area contributed by atoms with Crippen molar-refractivity contribution in [3.05, 3.63) is 53.9 Å². The maximum Gasteiger partial charge on any atom is 0.194 e. The summed E-state index contributed by atoms with van der Waals surface area (Å²) < 4.78 is 7.81. The third-order valence-electron chi connectivity index (χ3n) is 3.82. The first-order valence-corrected chi connectivity index (χ1v) is 8.46. The van der Waals surface area contributed by atoms with E-state index in [0.717, 1.165) is 30.4 Å². The topological polar surface area (TPSA) is 41.8 Å². The van der Waals surface area contributed by atoms with Gasteiger partial charge < -0.3 is 19.5 Å². The van der Waals surface area contributed by atoms with Crippen LogP contribution >= 0.6 is 24.0 Å². The van der Waals surface area contributed by atoms with Crippen molar-refractivity contribution >= 4 is 29.9 Å². The minimum atomic E-state index is 0. The molecule has 6 heteroatoms. The number of ether oxygens (including phenoxy) is 1. The van der Waals surface area contributed by atoms with E-state index >= 15 is 0 Å². The van der Waals surface area contributed by atoms with Crippen LogP contribution in [0.5, 0.6) is 5.75 Å². The summed E-state index contributed by atoms with van der Waals surface area (Å²) in [5.41, 5.74) is 2.35. The predicted octanol–water partition coefficient (Wildman–Crippen LogP) is 3.64. The molecule has 138 valence electrons. The van der Waals surface area contributed by atoms with Crippen molar-refractivity contribution < 1.29 is 4.74 Å². The molecule has 0 unspecified atom stereocenters. The molecule has 0 bridgehead atoms. The van der Waals surface area contributed by atoms with Gasteiger partial charge >= 0.3 is 0 Å². The van der Waals surface area contributed by atoms with E-state index < -0.39 is 0 Å². The number of benzene rings is 1. The Balaban J connectivity index is 0.00000312. The molecule has 0 radical (unpaired) electrons. The number of aromatic nitrogens is 1. The predicted molar refractivity (Wildman–Crippen MR) is 115 cm³/mol. The van der Waals surface area contributed by atoms with E-state index in [1.54, 1.807) is 0 Å². The van der Waals surface area contributed by atoms with Crippen molar-refractivity contribution in [1.82, 2.24) is 14.8 Å². The number of aryl methyl sites for hydroxylation is 1. The summed E-state index contributed by atoms with van der Waals surface area (Å²) in [6.45, 7) is 6.98. The van der Waals surface area contributed by atoms with Gasteiger partial charge in [-0.3, -0.25) is 0 Å². The smallest absolute Gasteiger partial charge is 0.194 e. The number of halogens is 1. The molecule has 1 heterocycles. The van der Waals surface area contributed by atoms with Crippen molar-refractivity contribution in [2.75, 3.05) is 20.2 Å². The average Bonchev–Trinajstić information content (AvgIpc) is 2.98. The molecule has 25 heavy (non-hydrogen) atoms. The summed E-state index contributed by atoms with van der Waals surface area (Å²) in [4.78, 5) is 6.92. The molecule has 0 aliphatic rings. The second-order valence-electron chi connectivity index (χ2n) is 5.68. The van der Waals surface area contributed by atoms with Gasteiger partial charge in [0.2, 0.25) is 0 Å². The highest BCUT2D eigenvalue weighted by molar-refractivity contribution is 14.0. The van der Waals surface area contributed by atoms with E-state index in [0.29, 0.717) is 13.2 Å². The number of nitrogens with one attached hydrogen (secondary N) is 1. The summed E-state index contributed by atoms with van der Waals surface area (Å²) in [6.07, 6.45) is 2.06. The highest BCUT2D eigenvalue weighted by Crippen LogP contribution is 2.19. The van der Waals surface area contributed by atoms with Gasteiger partial charge in [0.1, 0.15) is 5.75 Å². The largest absolute Gasteiger partial charge is 0.494 e. The van der Waals surface area contributed by atoms with Crippen molar-refractivity contribution in [1.29, 1.82) is 0 Å². The van der Waals surface area contributed by atoms with Gasteiger partial charge in [-0.25, -0.2) is 4.99 Å². The van der Waals surface area contributed by atoms with Gasteiger partial charge in [-0.2, -0.15) is 0 Å². The zero-order valence-corrected chi connectivity index (χ0v) is 17.9. The first-order valence-electron chi connectivity index (χ1n) is 8.46. The maximum absolute atomic E-state index is 5.68. The average molecular weight is 456 g/mol. The number of hydrogen-bond donors (Lipinski definition) is 1. The highest BCUT2D eigenvalue weighted by atomic mass is 127. The molecule has 0 amide bonds. The highest BCUT2D eigenvalue weighted by Gasteiger charge is 2.09. The normalized spacial score (nSPS) is 11.0. The van der Waals surface area contributed by atoms with Crippen LogP contribution in [0.1, 0.15) is 25.1 Å². The van der Waals surface area contributed by atoms with Crippen LogP contribution in [0.25, 0.3) is 0 Å². The third-order valence-corrected chi connectivity index (χ3v) is 3.82. The first kappa shape index (κ1) is 21.3. The molecule has 2 aromatic rings. The second kappa shape index (κ2) is 11.0. The lowest BCUT2D eigenvalue weighted by Crippen LogP contribution is -2.38. The summed E-state index contributed by atoms with van der Waals surface area (Å²) in [7, 11) is 4.12. The number of rotatable bonds is 7. The third kappa shape index (κ3) is 6.26. The van der Waals surface area contributed by atoms with Crippen LogP contribution in [0, 0.1) is 0 Å². The lowest BCUT2D eigenvalue weighted by atomic mass is 10.2. The molecule has 0 aliphatic carbocycles. The molecular weight excluding hydrogens is 427 g/mol. The van der Waals surface area contributed by atoms with Gasteiger partial charge in [0.25, 0.3) is 0 Å². The lowest BCUT2D eigenvalue weighted by Gasteiger charge is -2.22.